The van der Waals surface area contributed by atoms with Gasteiger partial charge in [-0.2, -0.15) is 13.2 Å². The highest BCUT2D eigenvalue weighted by atomic mass is 35.5. The quantitative estimate of drug-likeness (QED) is 0.469. The van der Waals surface area contributed by atoms with Crippen molar-refractivity contribution in [1.29, 1.82) is 0 Å². The van der Waals surface area contributed by atoms with Gasteiger partial charge in [0, 0.05) is 11.1 Å². The summed E-state index contributed by atoms with van der Waals surface area (Å²) in [7, 11) is 0. The maximum Gasteiger partial charge on any atom is 0.417 e. The van der Waals surface area contributed by atoms with Gasteiger partial charge in [0.1, 0.15) is 5.75 Å². The number of aromatic hydroxyl groups is 1. The molecule has 0 saturated heterocycles. The van der Waals surface area contributed by atoms with Crippen LogP contribution in [0.3, 0.4) is 0 Å². The number of urea groups is 1. The molecule has 0 aromatic heterocycles. The fraction of sp³-hybridized carbons (Fsp3) is 0.105. The number of hydrogen-bond acceptors (Lipinski definition) is 3. The molecule has 0 heterocycles. The molecule has 4 N–H and O–H groups in total. The fourth-order valence-corrected chi connectivity index (χ4v) is 2.98. The van der Waals surface area contributed by atoms with E-state index in [-0.39, 0.29) is 18.0 Å². The first kappa shape index (κ1) is 19.8. The average molecular weight is 411 g/mol. The second-order valence-corrected chi connectivity index (χ2v) is 6.34. The lowest BCUT2D eigenvalue weighted by atomic mass is 10.0. The average Bonchev–Trinajstić information content (AvgIpc) is 2.62. The monoisotopic (exact) mass is 410 g/mol. The van der Waals surface area contributed by atoms with Crippen molar-refractivity contribution in [2.75, 3.05) is 10.6 Å². The number of amides is 2. The molecule has 0 fully saturated rings. The standard InChI is InChI=1S/C19H14ClF3N2O3/c20-16-5-2-11(7-15(16)19(21,22)23)24-18(28)25-17-6-1-10(9-26)13-4-3-12(27)8-14(13)17/h1-8,26-27H,9H2,(H2,24,25,28). The molecule has 0 atom stereocenters. The Hall–Kier alpha value is -2.97. The van der Waals surface area contributed by atoms with Gasteiger partial charge >= 0.3 is 12.2 Å². The SMILES string of the molecule is O=C(Nc1ccc(Cl)c(C(F)(F)F)c1)Nc1ccc(CO)c2ccc(O)cc12. The fourth-order valence-electron chi connectivity index (χ4n) is 2.75. The van der Waals surface area contributed by atoms with E-state index in [0.717, 1.165) is 12.1 Å². The number of nitrogens with one attached hydrogen (secondary N) is 2. The summed E-state index contributed by atoms with van der Waals surface area (Å²) in [6.45, 7) is -0.237. The van der Waals surface area contributed by atoms with E-state index in [9.17, 15) is 28.2 Å². The van der Waals surface area contributed by atoms with Crippen LogP contribution < -0.4 is 10.6 Å². The highest BCUT2D eigenvalue weighted by Crippen LogP contribution is 2.36. The van der Waals surface area contributed by atoms with Gasteiger partial charge < -0.3 is 20.8 Å². The van der Waals surface area contributed by atoms with Crippen LogP contribution in [0.25, 0.3) is 10.8 Å². The van der Waals surface area contributed by atoms with E-state index in [2.05, 4.69) is 10.6 Å². The maximum atomic E-state index is 12.9. The third-order valence-electron chi connectivity index (χ3n) is 4.04. The van der Waals surface area contributed by atoms with E-state index in [0.29, 0.717) is 22.0 Å². The first-order valence-electron chi connectivity index (χ1n) is 7.99. The van der Waals surface area contributed by atoms with E-state index >= 15 is 0 Å². The topological polar surface area (TPSA) is 81.6 Å². The molecule has 0 bridgehead atoms. The van der Waals surface area contributed by atoms with Gasteiger partial charge in [0.15, 0.2) is 0 Å². The van der Waals surface area contributed by atoms with Crippen LogP contribution >= 0.6 is 11.6 Å². The lowest BCUT2D eigenvalue weighted by Crippen LogP contribution is -2.20. The molecule has 3 rings (SSSR count). The third-order valence-corrected chi connectivity index (χ3v) is 4.37. The number of carbonyl (C=O) groups excluding carboxylic acids is 1. The zero-order chi connectivity index (χ0) is 20.5. The summed E-state index contributed by atoms with van der Waals surface area (Å²) in [5, 5.41) is 24.6. The van der Waals surface area contributed by atoms with E-state index in [4.69, 9.17) is 11.6 Å². The molecule has 0 aliphatic heterocycles. The molecule has 0 radical (unpaired) electrons. The lowest BCUT2D eigenvalue weighted by molar-refractivity contribution is -0.137. The molecule has 0 saturated carbocycles. The van der Waals surface area contributed by atoms with E-state index < -0.39 is 22.8 Å². The van der Waals surface area contributed by atoms with Crippen LogP contribution in [-0.4, -0.2) is 16.2 Å². The van der Waals surface area contributed by atoms with Crippen molar-refractivity contribution >= 4 is 39.8 Å². The second-order valence-electron chi connectivity index (χ2n) is 5.93. The number of hydrogen-bond donors (Lipinski definition) is 4. The van der Waals surface area contributed by atoms with Gasteiger partial charge in [-0.3, -0.25) is 0 Å². The predicted molar refractivity (Wildman–Crippen MR) is 101 cm³/mol. The van der Waals surface area contributed by atoms with Crippen molar-refractivity contribution < 1.29 is 28.2 Å². The number of carbonyl (C=O) groups is 1. The summed E-state index contributed by atoms with van der Waals surface area (Å²) in [5.41, 5.74) is -0.248. The van der Waals surface area contributed by atoms with Crippen molar-refractivity contribution in [2.45, 2.75) is 12.8 Å². The van der Waals surface area contributed by atoms with Crippen LogP contribution in [0.4, 0.5) is 29.3 Å². The largest absolute Gasteiger partial charge is 0.508 e. The van der Waals surface area contributed by atoms with Crippen molar-refractivity contribution in [1.82, 2.24) is 0 Å². The summed E-state index contributed by atoms with van der Waals surface area (Å²) in [6.07, 6.45) is -4.65. The predicted octanol–water partition coefficient (Wildman–Crippen LogP) is 5.35. The number of anilines is 2. The van der Waals surface area contributed by atoms with Crippen LogP contribution in [-0.2, 0) is 12.8 Å². The maximum absolute atomic E-state index is 12.9. The molecule has 146 valence electrons. The molecular formula is C19H14ClF3N2O3. The highest BCUT2D eigenvalue weighted by molar-refractivity contribution is 6.31. The van der Waals surface area contributed by atoms with Crippen molar-refractivity contribution in [3.8, 4) is 5.75 Å². The minimum absolute atomic E-state index is 0.0430. The number of rotatable bonds is 3. The first-order valence-corrected chi connectivity index (χ1v) is 8.37. The van der Waals surface area contributed by atoms with Gasteiger partial charge in [0.25, 0.3) is 0 Å². The molecule has 9 heteroatoms. The number of fused-ring (bicyclic) bond motifs is 1. The molecule has 2 amide bonds. The van der Waals surface area contributed by atoms with Crippen molar-refractivity contribution in [3.05, 3.63) is 64.7 Å². The van der Waals surface area contributed by atoms with Gasteiger partial charge in [0.05, 0.1) is 22.9 Å². The van der Waals surface area contributed by atoms with Gasteiger partial charge in [-0.15, -0.1) is 0 Å². The first-order chi connectivity index (χ1) is 13.2. The Labute approximate surface area is 162 Å². The third kappa shape index (κ3) is 4.13. The summed E-state index contributed by atoms with van der Waals surface area (Å²) in [5.74, 6) is -0.0430. The van der Waals surface area contributed by atoms with Gasteiger partial charge in [-0.1, -0.05) is 23.7 Å². The zero-order valence-corrected chi connectivity index (χ0v) is 14.9. The molecule has 0 aliphatic carbocycles. The van der Waals surface area contributed by atoms with Crippen molar-refractivity contribution in [3.63, 3.8) is 0 Å². The number of alkyl halides is 3. The van der Waals surface area contributed by atoms with E-state index in [1.165, 1.54) is 24.3 Å². The number of benzene rings is 3. The summed E-state index contributed by atoms with van der Waals surface area (Å²) < 4.78 is 38.8. The number of halogens is 4. The molecule has 3 aromatic carbocycles. The Kier molecular flexibility index (Phi) is 5.35. The lowest BCUT2D eigenvalue weighted by Gasteiger charge is -2.14. The van der Waals surface area contributed by atoms with Crippen LogP contribution in [0.15, 0.2) is 48.5 Å². The Morgan fingerprint density at radius 1 is 1.00 bits per heavy atom. The van der Waals surface area contributed by atoms with Crippen LogP contribution in [0.2, 0.25) is 5.02 Å². The Morgan fingerprint density at radius 3 is 2.43 bits per heavy atom. The van der Waals surface area contributed by atoms with E-state index in [1.807, 2.05) is 0 Å². The van der Waals surface area contributed by atoms with Crippen LogP contribution in [0.1, 0.15) is 11.1 Å². The molecule has 0 aliphatic rings. The summed E-state index contributed by atoms with van der Waals surface area (Å²) in [6, 6.07) is 9.81. The summed E-state index contributed by atoms with van der Waals surface area (Å²) in [4.78, 5) is 12.3. The zero-order valence-electron chi connectivity index (χ0n) is 14.1. The Bertz CT molecular complexity index is 1050. The number of aliphatic hydroxyl groups excluding tert-OH is 1. The Balaban J connectivity index is 1.87. The molecule has 0 spiro atoms. The minimum Gasteiger partial charge on any atom is -0.508 e. The minimum atomic E-state index is -4.65. The normalized spacial score (nSPS) is 11.5. The molecular weight excluding hydrogens is 397 g/mol. The molecule has 28 heavy (non-hydrogen) atoms. The van der Waals surface area contributed by atoms with Crippen LogP contribution in [0, 0.1) is 0 Å². The Morgan fingerprint density at radius 2 is 1.75 bits per heavy atom. The highest BCUT2D eigenvalue weighted by Gasteiger charge is 2.33. The van der Waals surface area contributed by atoms with Crippen LogP contribution in [0.5, 0.6) is 5.75 Å². The molecule has 0 unspecified atom stereocenters. The second kappa shape index (κ2) is 7.57. The molecule has 5 nitrogen and oxygen atoms in total. The smallest absolute Gasteiger partial charge is 0.417 e. The number of phenols is 1. The molecule has 3 aromatic rings. The number of aliphatic hydroxyl groups is 1. The van der Waals surface area contributed by atoms with Gasteiger partial charge in [-0.25, -0.2) is 4.79 Å². The van der Waals surface area contributed by atoms with Gasteiger partial charge in [-0.05, 0) is 47.3 Å². The van der Waals surface area contributed by atoms with E-state index in [1.54, 1.807) is 12.1 Å². The van der Waals surface area contributed by atoms with Gasteiger partial charge in [0.2, 0.25) is 0 Å². The summed E-state index contributed by atoms with van der Waals surface area (Å²) >= 11 is 5.56. The number of phenolic OH excluding ortho intramolecular Hbond substituents is 1. The van der Waals surface area contributed by atoms with Crippen molar-refractivity contribution in [2.24, 2.45) is 0 Å².